The number of hydrogen-bond donors (Lipinski definition) is 2. The minimum Gasteiger partial charge on any atom is -0.497 e. The Morgan fingerprint density at radius 3 is 2.75 bits per heavy atom. The Morgan fingerprint density at radius 2 is 2.10 bits per heavy atom. The highest BCUT2D eigenvalue weighted by atomic mass is 16.5. The van der Waals surface area contributed by atoms with Crippen molar-refractivity contribution in [3.05, 3.63) is 47.5 Å². The third kappa shape index (κ3) is 3.44. The number of benzene rings is 1. The lowest BCUT2D eigenvalue weighted by atomic mass is 10.1. The molecule has 104 valence electrons. The number of nitrogens with two attached hydrogens (primary N) is 1. The van der Waals surface area contributed by atoms with E-state index in [1.165, 1.54) is 7.11 Å². The van der Waals surface area contributed by atoms with E-state index in [2.05, 4.69) is 15.3 Å². The fourth-order valence-corrected chi connectivity index (χ4v) is 1.65. The van der Waals surface area contributed by atoms with Crippen LogP contribution < -0.4 is 15.8 Å². The molecule has 0 saturated carbocycles. The van der Waals surface area contributed by atoms with Crippen LogP contribution in [-0.4, -0.2) is 23.0 Å². The van der Waals surface area contributed by atoms with Crippen LogP contribution in [0.1, 0.15) is 21.7 Å². The first-order valence-corrected chi connectivity index (χ1v) is 6.09. The van der Waals surface area contributed by atoms with Crippen LogP contribution in [0.15, 0.2) is 30.6 Å². The quantitative estimate of drug-likeness (QED) is 0.819. The Hall–Kier alpha value is -2.63. The number of carbonyl (C=O) groups excluding carboxylic acids is 1. The van der Waals surface area contributed by atoms with Crippen molar-refractivity contribution in [3.8, 4) is 5.75 Å². The number of anilines is 1. The average molecular weight is 272 g/mol. The van der Waals surface area contributed by atoms with Gasteiger partial charge in [-0.25, -0.2) is 0 Å². The molecule has 3 N–H and O–H groups in total. The molecule has 1 aromatic carbocycles. The normalized spacial score (nSPS) is 10.1. The van der Waals surface area contributed by atoms with Gasteiger partial charge in [0.25, 0.3) is 5.91 Å². The summed E-state index contributed by atoms with van der Waals surface area (Å²) in [5.41, 5.74) is 8.17. The number of ether oxygens (including phenoxy) is 1. The number of aryl methyl sites for hydroxylation is 1. The van der Waals surface area contributed by atoms with Crippen LogP contribution in [0.2, 0.25) is 0 Å². The molecule has 0 bridgehead atoms. The summed E-state index contributed by atoms with van der Waals surface area (Å²) >= 11 is 0. The number of hydrogen-bond acceptors (Lipinski definition) is 5. The van der Waals surface area contributed by atoms with E-state index in [0.29, 0.717) is 29.2 Å². The zero-order valence-electron chi connectivity index (χ0n) is 11.4. The molecule has 2 aromatic rings. The fraction of sp³-hybridized carbons (Fsp3) is 0.214. The highest BCUT2D eigenvalue weighted by Gasteiger charge is 2.08. The second-order valence-electron chi connectivity index (χ2n) is 4.33. The van der Waals surface area contributed by atoms with E-state index in [9.17, 15) is 4.79 Å². The van der Waals surface area contributed by atoms with E-state index in [1.807, 2.05) is 6.92 Å². The van der Waals surface area contributed by atoms with Gasteiger partial charge in [-0.05, 0) is 19.1 Å². The Kier molecular flexibility index (Phi) is 4.14. The fourth-order valence-electron chi connectivity index (χ4n) is 1.65. The molecule has 6 heteroatoms. The predicted octanol–water partition coefficient (Wildman–Crippen LogP) is 1.31. The van der Waals surface area contributed by atoms with Gasteiger partial charge in [-0.15, -0.1) is 0 Å². The van der Waals surface area contributed by atoms with Crippen molar-refractivity contribution in [3.63, 3.8) is 0 Å². The van der Waals surface area contributed by atoms with Gasteiger partial charge in [0.15, 0.2) is 0 Å². The lowest BCUT2D eigenvalue weighted by Gasteiger charge is -2.07. The first-order chi connectivity index (χ1) is 9.58. The van der Waals surface area contributed by atoms with Crippen LogP contribution in [0.25, 0.3) is 0 Å². The molecule has 2 rings (SSSR count). The van der Waals surface area contributed by atoms with E-state index < -0.39 is 0 Å². The molecule has 1 heterocycles. The number of methoxy groups -OCH3 is 1. The molecular formula is C14H16N4O2. The van der Waals surface area contributed by atoms with E-state index in [1.54, 1.807) is 30.6 Å². The van der Waals surface area contributed by atoms with Gasteiger partial charge in [0.05, 0.1) is 31.2 Å². The summed E-state index contributed by atoms with van der Waals surface area (Å²) < 4.78 is 5.08. The Bertz CT molecular complexity index is 611. The van der Waals surface area contributed by atoms with Gasteiger partial charge in [0, 0.05) is 23.5 Å². The predicted molar refractivity (Wildman–Crippen MR) is 75.3 cm³/mol. The Balaban J connectivity index is 2.04. The standard InChI is InChI=1S/C14H16N4O2/c1-9-6-17-12(7-16-9)8-18-14(19)10-3-11(15)5-13(4-10)20-2/h3-7H,8,15H2,1-2H3,(H,18,19). The molecule has 0 radical (unpaired) electrons. The third-order valence-corrected chi connectivity index (χ3v) is 2.69. The van der Waals surface area contributed by atoms with Gasteiger partial charge < -0.3 is 15.8 Å². The second kappa shape index (κ2) is 6.01. The smallest absolute Gasteiger partial charge is 0.251 e. The largest absolute Gasteiger partial charge is 0.497 e. The SMILES string of the molecule is COc1cc(N)cc(C(=O)NCc2cnc(C)cn2)c1. The Labute approximate surface area is 117 Å². The van der Waals surface area contributed by atoms with Gasteiger partial charge in [0.1, 0.15) is 5.75 Å². The molecule has 1 amide bonds. The number of nitrogen functional groups attached to an aromatic ring is 1. The lowest BCUT2D eigenvalue weighted by molar-refractivity contribution is 0.0950. The molecule has 20 heavy (non-hydrogen) atoms. The first-order valence-electron chi connectivity index (χ1n) is 6.09. The summed E-state index contributed by atoms with van der Waals surface area (Å²) in [5.74, 6) is 0.309. The zero-order valence-corrected chi connectivity index (χ0v) is 11.4. The summed E-state index contributed by atoms with van der Waals surface area (Å²) in [7, 11) is 1.53. The van der Waals surface area contributed by atoms with Gasteiger partial charge >= 0.3 is 0 Å². The van der Waals surface area contributed by atoms with Crippen molar-refractivity contribution in [2.45, 2.75) is 13.5 Å². The summed E-state index contributed by atoms with van der Waals surface area (Å²) in [4.78, 5) is 20.3. The van der Waals surface area contributed by atoms with Gasteiger partial charge in [0.2, 0.25) is 0 Å². The molecule has 0 aliphatic heterocycles. The van der Waals surface area contributed by atoms with Gasteiger partial charge in [-0.1, -0.05) is 0 Å². The number of amides is 1. The van der Waals surface area contributed by atoms with Crippen LogP contribution in [0.3, 0.4) is 0 Å². The molecule has 0 aliphatic carbocycles. The number of carbonyl (C=O) groups is 1. The minimum atomic E-state index is -0.238. The summed E-state index contributed by atoms with van der Waals surface area (Å²) in [6.07, 6.45) is 3.29. The van der Waals surface area contributed by atoms with E-state index >= 15 is 0 Å². The zero-order chi connectivity index (χ0) is 14.5. The van der Waals surface area contributed by atoms with Crippen LogP contribution in [-0.2, 0) is 6.54 Å². The maximum absolute atomic E-state index is 12.0. The molecule has 1 aromatic heterocycles. The Morgan fingerprint density at radius 1 is 1.30 bits per heavy atom. The molecule has 0 aliphatic rings. The number of aromatic nitrogens is 2. The van der Waals surface area contributed by atoms with Crippen molar-refractivity contribution < 1.29 is 9.53 Å². The average Bonchev–Trinajstić information content (AvgIpc) is 2.45. The third-order valence-electron chi connectivity index (χ3n) is 2.69. The molecule has 0 atom stereocenters. The van der Waals surface area contributed by atoms with Crippen molar-refractivity contribution in [1.29, 1.82) is 0 Å². The second-order valence-corrected chi connectivity index (χ2v) is 4.33. The number of nitrogens with one attached hydrogen (secondary N) is 1. The highest BCUT2D eigenvalue weighted by molar-refractivity contribution is 5.95. The van der Waals surface area contributed by atoms with Crippen molar-refractivity contribution in [1.82, 2.24) is 15.3 Å². The van der Waals surface area contributed by atoms with Gasteiger partial charge in [-0.3, -0.25) is 14.8 Å². The first kappa shape index (κ1) is 13.8. The summed E-state index contributed by atoms with van der Waals surface area (Å²) in [6.45, 7) is 2.16. The van der Waals surface area contributed by atoms with Crippen LogP contribution in [0, 0.1) is 6.92 Å². The number of rotatable bonds is 4. The monoisotopic (exact) mass is 272 g/mol. The lowest BCUT2D eigenvalue weighted by Crippen LogP contribution is -2.23. The summed E-state index contributed by atoms with van der Waals surface area (Å²) in [6, 6.07) is 4.88. The van der Waals surface area contributed by atoms with Crippen molar-refractivity contribution >= 4 is 11.6 Å². The van der Waals surface area contributed by atoms with Gasteiger partial charge in [-0.2, -0.15) is 0 Å². The molecule has 0 saturated heterocycles. The van der Waals surface area contributed by atoms with Crippen LogP contribution >= 0.6 is 0 Å². The van der Waals surface area contributed by atoms with E-state index in [-0.39, 0.29) is 5.91 Å². The molecule has 0 spiro atoms. The topological polar surface area (TPSA) is 90.1 Å². The molecule has 0 unspecified atom stereocenters. The van der Waals surface area contributed by atoms with Crippen LogP contribution in [0.5, 0.6) is 5.75 Å². The molecule has 0 fully saturated rings. The van der Waals surface area contributed by atoms with E-state index in [0.717, 1.165) is 5.69 Å². The van der Waals surface area contributed by atoms with Crippen molar-refractivity contribution in [2.75, 3.05) is 12.8 Å². The highest BCUT2D eigenvalue weighted by Crippen LogP contribution is 2.18. The minimum absolute atomic E-state index is 0.238. The maximum Gasteiger partial charge on any atom is 0.251 e. The van der Waals surface area contributed by atoms with Crippen LogP contribution in [0.4, 0.5) is 5.69 Å². The maximum atomic E-state index is 12.0. The molecule has 6 nitrogen and oxygen atoms in total. The van der Waals surface area contributed by atoms with Crippen molar-refractivity contribution in [2.24, 2.45) is 0 Å². The number of nitrogens with zero attached hydrogens (tertiary/aromatic N) is 2. The van der Waals surface area contributed by atoms with E-state index in [4.69, 9.17) is 10.5 Å². The molecular weight excluding hydrogens is 256 g/mol. The summed E-state index contributed by atoms with van der Waals surface area (Å²) in [5, 5.41) is 2.76.